The van der Waals surface area contributed by atoms with Crippen LogP contribution >= 0.6 is 0 Å². The van der Waals surface area contributed by atoms with Gasteiger partial charge in [0.15, 0.2) is 0 Å². The first-order valence-corrected chi connectivity index (χ1v) is 6.62. The van der Waals surface area contributed by atoms with Crippen molar-refractivity contribution >= 4 is 11.8 Å². The maximum Gasteiger partial charge on any atom is 0.371 e. The third-order valence-electron chi connectivity index (χ3n) is 3.85. The smallest absolute Gasteiger partial charge is 0.371 e. The van der Waals surface area contributed by atoms with Crippen molar-refractivity contribution in [2.45, 2.75) is 32.7 Å². The normalized spacial score (nSPS) is 22.4. The molecule has 2 rings (SSSR count). The van der Waals surface area contributed by atoms with E-state index in [1.807, 2.05) is 13.8 Å². The summed E-state index contributed by atoms with van der Waals surface area (Å²) in [6.45, 7) is 5.43. The van der Waals surface area contributed by atoms with E-state index in [1.165, 1.54) is 6.07 Å². The van der Waals surface area contributed by atoms with Crippen molar-refractivity contribution in [3.63, 3.8) is 0 Å². The number of carbonyl (C=O) groups excluding carboxylic acids is 1. The number of furan rings is 1. The summed E-state index contributed by atoms with van der Waals surface area (Å²) in [7, 11) is 0. The highest BCUT2D eigenvalue weighted by molar-refractivity contribution is 5.84. The average molecular weight is 265 g/mol. The Labute approximate surface area is 112 Å². The van der Waals surface area contributed by atoms with Crippen LogP contribution in [0.25, 0.3) is 0 Å². The van der Waals surface area contributed by atoms with E-state index in [9.17, 15) is 9.59 Å². The quantitative estimate of drug-likeness (QED) is 0.904. The van der Waals surface area contributed by atoms with Crippen molar-refractivity contribution in [2.24, 2.45) is 5.92 Å². The molecule has 5 heteroatoms. The molecule has 1 N–H and O–H groups in total. The molecule has 0 aliphatic carbocycles. The fourth-order valence-electron chi connectivity index (χ4n) is 2.51. The van der Waals surface area contributed by atoms with Gasteiger partial charge in [-0.2, -0.15) is 0 Å². The van der Waals surface area contributed by atoms with Crippen molar-refractivity contribution in [1.29, 1.82) is 0 Å². The molecule has 0 amide bonds. The number of ketones is 1. The number of carboxylic acid groups (broad SMARTS) is 1. The van der Waals surface area contributed by atoms with Crippen LogP contribution < -0.4 is 0 Å². The van der Waals surface area contributed by atoms with Crippen molar-refractivity contribution < 1.29 is 19.1 Å². The second kappa shape index (κ2) is 5.57. The molecule has 0 bridgehead atoms. The first kappa shape index (κ1) is 13.8. The van der Waals surface area contributed by atoms with E-state index in [1.54, 1.807) is 6.07 Å². The van der Waals surface area contributed by atoms with Gasteiger partial charge in [0, 0.05) is 25.4 Å². The highest BCUT2D eigenvalue weighted by atomic mass is 16.4. The molecule has 2 unspecified atom stereocenters. The Bertz CT molecular complexity index is 480. The summed E-state index contributed by atoms with van der Waals surface area (Å²) in [5, 5.41) is 8.85. The SMILES string of the molecule is CCC1CN(C(C)c2ccc(C(=O)O)o2)CCC1=O. The molecule has 1 aliphatic rings. The molecule has 19 heavy (non-hydrogen) atoms. The molecule has 104 valence electrons. The summed E-state index contributed by atoms with van der Waals surface area (Å²) in [6, 6.07) is 3.17. The number of hydrogen-bond acceptors (Lipinski definition) is 4. The average Bonchev–Trinajstić information content (AvgIpc) is 2.88. The number of piperidine rings is 1. The Morgan fingerprint density at radius 2 is 2.32 bits per heavy atom. The standard InChI is InChI=1S/C14H19NO4/c1-3-10-8-15(7-6-11(10)16)9(2)12-4-5-13(19-12)14(17)18/h4-5,9-10H,3,6-8H2,1-2H3,(H,17,18). The Balaban J connectivity index is 2.08. The van der Waals surface area contributed by atoms with E-state index in [4.69, 9.17) is 9.52 Å². The van der Waals surface area contributed by atoms with Crippen molar-refractivity contribution in [3.8, 4) is 0 Å². The summed E-state index contributed by atoms with van der Waals surface area (Å²) in [6.07, 6.45) is 1.41. The van der Waals surface area contributed by atoms with Gasteiger partial charge in [-0.3, -0.25) is 9.69 Å². The molecule has 2 heterocycles. The van der Waals surface area contributed by atoms with Crippen LogP contribution in [0.2, 0.25) is 0 Å². The Kier molecular flexibility index (Phi) is 4.04. The fourth-order valence-corrected chi connectivity index (χ4v) is 2.51. The summed E-state index contributed by atoms with van der Waals surface area (Å²) < 4.78 is 5.33. The molecule has 0 saturated carbocycles. The van der Waals surface area contributed by atoms with Crippen LogP contribution in [-0.4, -0.2) is 34.8 Å². The minimum atomic E-state index is -1.06. The fraction of sp³-hybridized carbons (Fsp3) is 0.571. The summed E-state index contributed by atoms with van der Waals surface area (Å²) >= 11 is 0. The number of nitrogens with zero attached hydrogens (tertiary/aromatic N) is 1. The zero-order chi connectivity index (χ0) is 14.0. The number of carbonyl (C=O) groups is 2. The number of rotatable bonds is 4. The van der Waals surface area contributed by atoms with Crippen LogP contribution in [-0.2, 0) is 4.79 Å². The lowest BCUT2D eigenvalue weighted by Crippen LogP contribution is -2.41. The van der Waals surface area contributed by atoms with Gasteiger partial charge in [0.1, 0.15) is 11.5 Å². The van der Waals surface area contributed by atoms with E-state index in [-0.39, 0.29) is 17.7 Å². The topological polar surface area (TPSA) is 70.8 Å². The van der Waals surface area contributed by atoms with Crippen LogP contribution in [0.4, 0.5) is 0 Å². The van der Waals surface area contributed by atoms with E-state index in [0.29, 0.717) is 24.5 Å². The molecular weight excluding hydrogens is 246 g/mol. The zero-order valence-corrected chi connectivity index (χ0v) is 11.3. The molecule has 1 saturated heterocycles. The largest absolute Gasteiger partial charge is 0.475 e. The number of hydrogen-bond donors (Lipinski definition) is 1. The first-order chi connectivity index (χ1) is 9.02. The van der Waals surface area contributed by atoms with Gasteiger partial charge in [-0.25, -0.2) is 4.79 Å². The van der Waals surface area contributed by atoms with Gasteiger partial charge in [-0.1, -0.05) is 6.92 Å². The molecule has 0 spiro atoms. The number of likely N-dealkylation sites (tertiary alicyclic amines) is 1. The second-order valence-corrected chi connectivity index (χ2v) is 5.00. The lowest BCUT2D eigenvalue weighted by atomic mass is 9.93. The Hall–Kier alpha value is -1.62. The van der Waals surface area contributed by atoms with E-state index in [2.05, 4.69) is 4.90 Å². The summed E-state index contributed by atoms with van der Waals surface area (Å²) in [5.74, 6) is -0.0380. The van der Waals surface area contributed by atoms with Gasteiger partial charge >= 0.3 is 5.97 Å². The van der Waals surface area contributed by atoms with Gasteiger partial charge in [-0.15, -0.1) is 0 Å². The Morgan fingerprint density at radius 3 is 2.89 bits per heavy atom. The lowest BCUT2D eigenvalue weighted by molar-refractivity contribution is -0.127. The minimum Gasteiger partial charge on any atom is -0.475 e. The van der Waals surface area contributed by atoms with Crippen LogP contribution in [0.15, 0.2) is 16.5 Å². The second-order valence-electron chi connectivity index (χ2n) is 5.00. The van der Waals surface area contributed by atoms with Gasteiger partial charge in [0.05, 0.1) is 6.04 Å². The van der Waals surface area contributed by atoms with Crippen LogP contribution in [0.3, 0.4) is 0 Å². The van der Waals surface area contributed by atoms with Gasteiger partial charge in [-0.05, 0) is 25.5 Å². The highest BCUT2D eigenvalue weighted by Crippen LogP contribution is 2.27. The van der Waals surface area contributed by atoms with Crippen LogP contribution in [0, 0.1) is 5.92 Å². The van der Waals surface area contributed by atoms with Crippen molar-refractivity contribution in [2.75, 3.05) is 13.1 Å². The molecule has 1 aromatic heterocycles. The highest BCUT2D eigenvalue weighted by Gasteiger charge is 2.30. The molecule has 5 nitrogen and oxygen atoms in total. The lowest BCUT2D eigenvalue weighted by Gasteiger charge is -2.34. The van der Waals surface area contributed by atoms with Crippen LogP contribution in [0.1, 0.15) is 49.0 Å². The summed E-state index contributed by atoms with van der Waals surface area (Å²) in [4.78, 5) is 24.7. The first-order valence-electron chi connectivity index (χ1n) is 6.62. The predicted molar refractivity (Wildman–Crippen MR) is 69.1 cm³/mol. The third-order valence-corrected chi connectivity index (χ3v) is 3.85. The minimum absolute atomic E-state index is 0.00440. The molecule has 0 radical (unpaired) electrons. The van der Waals surface area contributed by atoms with E-state index >= 15 is 0 Å². The Morgan fingerprint density at radius 1 is 1.58 bits per heavy atom. The van der Waals surface area contributed by atoms with E-state index in [0.717, 1.165) is 13.0 Å². The summed E-state index contributed by atoms with van der Waals surface area (Å²) in [5.41, 5.74) is 0. The van der Waals surface area contributed by atoms with Crippen LogP contribution in [0.5, 0.6) is 0 Å². The van der Waals surface area contributed by atoms with Crippen molar-refractivity contribution in [1.82, 2.24) is 4.90 Å². The van der Waals surface area contributed by atoms with Crippen molar-refractivity contribution in [3.05, 3.63) is 23.7 Å². The maximum absolute atomic E-state index is 11.7. The molecule has 1 fully saturated rings. The number of Topliss-reactive ketones (excluding diaryl/α,β-unsaturated/α-hetero) is 1. The van der Waals surface area contributed by atoms with E-state index < -0.39 is 5.97 Å². The molecule has 1 aliphatic heterocycles. The number of aromatic carboxylic acids is 1. The molecule has 2 atom stereocenters. The number of carboxylic acids is 1. The van der Waals surface area contributed by atoms with Gasteiger partial charge in [0.2, 0.25) is 5.76 Å². The predicted octanol–water partition coefficient (Wildman–Crippen LogP) is 2.34. The molecular formula is C14H19NO4. The monoisotopic (exact) mass is 265 g/mol. The van der Waals surface area contributed by atoms with Gasteiger partial charge in [0.25, 0.3) is 0 Å². The van der Waals surface area contributed by atoms with Gasteiger partial charge < -0.3 is 9.52 Å². The molecule has 0 aromatic carbocycles. The molecule has 1 aromatic rings. The maximum atomic E-state index is 11.7. The third kappa shape index (κ3) is 2.87. The zero-order valence-electron chi connectivity index (χ0n) is 11.3.